The van der Waals surface area contributed by atoms with Crippen LogP contribution in [0.5, 0.6) is 0 Å². The second-order valence-corrected chi connectivity index (χ2v) is 6.50. The lowest BCUT2D eigenvalue weighted by Gasteiger charge is -2.43. The van der Waals surface area contributed by atoms with Crippen LogP contribution < -0.4 is 5.73 Å². The van der Waals surface area contributed by atoms with E-state index >= 15 is 0 Å². The van der Waals surface area contributed by atoms with Gasteiger partial charge in [-0.05, 0) is 24.5 Å². The molecule has 0 spiro atoms. The van der Waals surface area contributed by atoms with Crippen molar-refractivity contribution in [3.8, 4) is 6.07 Å². The molecular weight excluding hydrogens is 314 g/mol. The van der Waals surface area contributed by atoms with Crippen LogP contribution in [0, 0.1) is 11.3 Å². The smallest absolute Gasteiger partial charge is 0.251 e. The fourth-order valence-corrected chi connectivity index (χ4v) is 3.32. The Labute approximate surface area is 150 Å². The van der Waals surface area contributed by atoms with Crippen LogP contribution in [0.2, 0.25) is 0 Å². The fraction of sp³-hybridized carbons (Fsp3) is 0.474. The van der Waals surface area contributed by atoms with Gasteiger partial charge in [0.1, 0.15) is 5.82 Å². The van der Waals surface area contributed by atoms with Gasteiger partial charge in [-0.2, -0.15) is 5.26 Å². The highest BCUT2D eigenvalue weighted by Gasteiger charge is 2.28. The average Bonchev–Trinajstić information content (AvgIpc) is 2.58. The number of carbonyl (C=O) groups is 1. The molecule has 1 saturated heterocycles. The predicted molar refractivity (Wildman–Crippen MR) is 97.9 cm³/mol. The van der Waals surface area contributed by atoms with E-state index in [-0.39, 0.29) is 19.4 Å². The zero-order valence-electron chi connectivity index (χ0n) is 14.0. The Bertz CT molecular complexity index is 693. The molecule has 0 bridgehead atoms. The molecule has 0 radical (unpaired) electrons. The van der Waals surface area contributed by atoms with Crippen molar-refractivity contribution in [2.24, 2.45) is 5.73 Å². The number of hydrogen-bond acceptors (Lipinski definition) is 5. The van der Waals surface area contributed by atoms with Gasteiger partial charge in [-0.1, -0.05) is 25.6 Å². The first-order valence-electron chi connectivity index (χ1n) is 8.28. The van der Waals surface area contributed by atoms with Crippen LogP contribution in [0.1, 0.15) is 31.4 Å². The van der Waals surface area contributed by atoms with E-state index < -0.39 is 0 Å². The number of benzene rings is 1. The molecule has 2 aliphatic rings. The largest absolute Gasteiger partial charge is 0.357 e. The minimum Gasteiger partial charge on any atom is -0.357 e. The van der Waals surface area contributed by atoms with Crippen LogP contribution in [0.25, 0.3) is 0 Å². The minimum atomic E-state index is 0. The quantitative estimate of drug-likeness (QED) is 0.905. The molecule has 6 heteroatoms. The molecule has 3 rings (SSSR count). The first-order valence-corrected chi connectivity index (χ1v) is 8.28. The van der Waals surface area contributed by atoms with Gasteiger partial charge in [-0.15, -0.1) is 0 Å². The second kappa shape index (κ2) is 8.04. The maximum absolute atomic E-state index is 12.2. The van der Waals surface area contributed by atoms with E-state index in [1.54, 1.807) is 18.0 Å². The van der Waals surface area contributed by atoms with Gasteiger partial charge < -0.3 is 20.4 Å². The summed E-state index contributed by atoms with van der Waals surface area (Å²) in [5.74, 6) is 0.926. The lowest BCUT2D eigenvalue weighted by molar-refractivity contribution is -0.128. The zero-order chi connectivity index (χ0) is 17.1. The van der Waals surface area contributed by atoms with Gasteiger partial charge in [-0.25, -0.2) is 0 Å². The summed E-state index contributed by atoms with van der Waals surface area (Å²) in [7, 11) is 1.79. The summed E-state index contributed by atoms with van der Waals surface area (Å²) < 4.78 is 0. The average molecular weight is 341 g/mol. The van der Waals surface area contributed by atoms with Crippen molar-refractivity contribution in [3.05, 3.63) is 47.3 Å². The number of hydrogen-bond donors (Lipinski definition) is 1. The third-order valence-electron chi connectivity index (χ3n) is 4.62. The fourth-order valence-electron chi connectivity index (χ4n) is 3.32. The highest BCUT2D eigenvalue weighted by Crippen LogP contribution is 2.24. The Morgan fingerprint density at radius 3 is 2.84 bits per heavy atom. The molecule has 0 saturated carbocycles. The number of nitrogens with two attached hydrogens (primary N) is 1. The SMILES string of the molecule is C.CN1CN(Cc2ccccc2C#N)C(N2CCCC(N)C2)=CC1=O. The number of piperidine rings is 1. The Morgan fingerprint density at radius 1 is 1.36 bits per heavy atom. The number of carbonyl (C=O) groups excluding carboxylic acids is 1. The van der Waals surface area contributed by atoms with Crippen LogP contribution in [0.3, 0.4) is 0 Å². The Balaban J connectivity index is 0.00000225. The van der Waals surface area contributed by atoms with Crippen LogP contribution in [-0.4, -0.2) is 53.5 Å². The van der Waals surface area contributed by atoms with Crippen LogP contribution in [0.4, 0.5) is 0 Å². The normalized spacial score (nSPS) is 20.7. The highest BCUT2D eigenvalue weighted by molar-refractivity contribution is 5.88. The van der Waals surface area contributed by atoms with Crippen molar-refractivity contribution in [3.63, 3.8) is 0 Å². The molecule has 0 aromatic heterocycles. The maximum Gasteiger partial charge on any atom is 0.251 e. The molecule has 2 aliphatic heterocycles. The summed E-state index contributed by atoms with van der Waals surface area (Å²) in [6.07, 6.45) is 3.75. The standard InChI is InChI=1S/C18H23N5O.CH4/c1-21-13-23(11-15-6-3-2-5-14(15)10-19)17(9-18(21)24)22-8-4-7-16(20)12-22;/h2-3,5-6,9,16H,4,7-8,11-13,20H2,1H3;1H4. The molecular formula is C19H27N5O. The van der Waals surface area contributed by atoms with Crippen LogP contribution in [0.15, 0.2) is 36.2 Å². The highest BCUT2D eigenvalue weighted by atomic mass is 16.2. The van der Waals surface area contributed by atoms with E-state index in [4.69, 9.17) is 5.73 Å². The number of amides is 1. The summed E-state index contributed by atoms with van der Waals surface area (Å²) in [6, 6.07) is 9.99. The summed E-state index contributed by atoms with van der Waals surface area (Å²) in [4.78, 5) is 18.2. The molecule has 1 aromatic rings. The number of likely N-dealkylation sites (N-methyl/N-ethyl adjacent to an activating group) is 1. The van der Waals surface area contributed by atoms with E-state index in [9.17, 15) is 10.1 Å². The molecule has 2 N–H and O–H groups in total. The number of likely N-dealkylation sites (tertiary alicyclic amines) is 1. The van der Waals surface area contributed by atoms with Crippen molar-refractivity contribution >= 4 is 5.91 Å². The second-order valence-electron chi connectivity index (χ2n) is 6.50. The van der Waals surface area contributed by atoms with Gasteiger partial charge in [0.25, 0.3) is 5.91 Å². The monoisotopic (exact) mass is 341 g/mol. The van der Waals surface area contributed by atoms with E-state index in [1.807, 2.05) is 24.3 Å². The first kappa shape index (κ1) is 18.8. The molecule has 1 aromatic carbocycles. The third kappa shape index (κ3) is 4.12. The lowest BCUT2D eigenvalue weighted by atomic mass is 10.1. The Hall–Kier alpha value is -2.52. The maximum atomic E-state index is 12.2. The summed E-state index contributed by atoms with van der Waals surface area (Å²) >= 11 is 0. The van der Waals surface area contributed by atoms with Crippen molar-refractivity contribution in [1.82, 2.24) is 14.7 Å². The van der Waals surface area contributed by atoms with Crippen molar-refractivity contribution in [2.45, 2.75) is 32.9 Å². The number of nitriles is 1. The van der Waals surface area contributed by atoms with E-state index in [1.165, 1.54) is 0 Å². The Kier molecular flexibility index (Phi) is 6.05. The summed E-state index contributed by atoms with van der Waals surface area (Å²) in [5, 5.41) is 9.32. The summed E-state index contributed by atoms with van der Waals surface area (Å²) in [5.41, 5.74) is 7.75. The van der Waals surface area contributed by atoms with E-state index in [0.717, 1.165) is 37.3 Å². The van der Waals surface area contributed by atoms with E-state index in [2.05, 4.69) is 15.9 Å². The van der Waals surface area contributed by atoms with Crippen molar-refractivity contribution in [2.75, 3.05) is 26.8 Å². The van der Waals surface area contributed by atoms with Gasteiger partial charge in [0.15, 0.2) is 0 Å². The van der Waals surface area contributed by atoms with Gasteiger partial charge in [0.05, 0.1) is 18.3 Å². The predicted octanol–water partition coefficient (Wildman–Crippen LogP) is 1.69. The van der Waals surface area contributed by atoms with E-state index in [0.29, 0.717) is 18.8 Å². The minimum absolute atomic E-state index is 0. The first-order chi connectivity index (χ1) is 11.6. The van der Waals surface area contributed by atoms with Gasteiger partial charge in [0.2, 0.25) is 0 Å². The number of rotatable bonds is 3. The molecule has 1 amide bonds. The molecule has 134 valence electrons. The van der Waals surface area contributed by atoms with Gasteiger partial charge in [-0.3, -0.25) is 4.79 Å². The van der Waals surface area contributed by atoms with Crippen molar-refractivity contribution < 1.29 is 4.79 Å². The Morgan fingerprint density at radius 2 is 2.12 bits per heavy atom. The van der Waals surface area contributed by atoms with Gasteiger partial charge >= 0.3 is 0 Å². The molecule has 1 fully saturated rings. The zero-order valence-corrected chi connectivity index (χ0v) is 14.0. The molecule has 25 heavy (non-hydrogen) atoms. The molecule has 1 unspecified atom stereocenters. The molecule has 2 heterocycles. The lowest BCUT2D eigenvalue weighted by Crippen LogP contribution is -2.51. The van der Waals surface area contributed by atoms with Crippen molar-refractivity contribution in [1.29, 1.82) is 5.26 Å². The van der Waals surface area contributed by atoms with Gasteiger partial charge in [0, 0.05) is 38.8 Å². The topological polar surface area (TPSA) is 76.6 Å². The molecule has 1 atom stereocenters. The molecule has 6 nitrogen and oxygen atoms in total. The van der Waals surface area contributed by atoms with Crippen LogP contribution in [-0.2, 0) is 11.3 Å². The third-order valence-corrected chi connectivity index (χ3v) is 4.62. The number of nitrogens with zero attached hydrogens (tertiary/aromatic N) is 4. The van der Waals surface area contributed by atoms with Crippen LogP contribution >= 0.6 is 0 Å². The molecule has 0 aliphatic carbocycles. The summed E-state index contributed by atoms with van der Waals surface area (Å²) in [6.45, 7) is 2.78.